The van der Waals surface area contributed by atoms with Gasteiger partial charge in [0.2, 0.25) is 17.7 Å². The lowest BCUT2D eigenvalue weighted by Crippen LogP contribution is -2.46. The third-order valence-corrected chi connectivity index (χ3v) is 18.3. The number of hydrogen-bond acceptors (Lipinski definition) is 34. The van der Waals surface area contributed by atoms with Crippen LogP contribution in [-0.2, 0) is 133 Å². The number of anilines is 3. The molecule has 0 aromatic heterocycles. The molecule has 1 saturated heterocycles. The van der Waals surface area contributed by atoms with Gasteiger partial charge in [-0.3, -0.25) is 19.3 Å². The van der Waals surface area contributed by atoms with Crippen molar-refractivity contribution in [3.63, 3.8) is 0 Å². The first-order valence-corrected chi connectivity index (χ1v) is 45.8. The number of alkyl halides is 1. The van der Waals surface area contributed by atoms with E-state index in [1.165, 1.54) is 0 Å². The summed E-state index contributed by atoms with van der Waals surface area (Å²) in [6.45, 7) is 29.8. The smallest absolute Gasteiger partial charge is 0.226 e. The van der Waals surface area contributed by atoms with Gasteiger partial charge >= 0.3 is 0 Å². The van der Waals surface area contributed by atoms with Gasteiger partial charge in [-0.1, -0.05) is 25.0 Å². The summed E-state index contributed by atoms with van der Waals surface area (Å²) < 4.78 is 144. The number of amides is 3. The third-order valence-electron chi connectivity index (χ3n) is 18.0. The second-order valence-corrected chi connectivity index (χ2v) is 28.4. The SMILES string of the molecule is COc1ccccc1N1CCN(CCCNc2ccc(N=Nc3ccc(NC(=O)CCOCCNC(=O)CCC(=O)NCCOCCOCCOCCOCCOCCOCCOCCOCCOCCOCCOCCOCCOCCOCCOCCOCCOCCOCCOCCOCCOCCOCCOCCOCCCCCCCl)cc3)cc2)CC1. The first-order chi connectivity index (χ1) is 62.9. The van der Waals surface area contributed by atoms with Crippen molar-refractivity contribution >= 4 is 57.8 Å². The molecule has 1 heterocycles. The van der Waals surface area contributed by atoms with E-state index >= 15 is 0 Å². The van der Waals surface area contributed by atoms with Crippen LogP contribution >= 0.6 is 11.6 Å². The van der Waals surface area contributed by atoms with Gasteiger partial charge < -0.3 is 149 Å². The highest BCUT2D eigenvalue weighted by atomic mass is 35.5. The Morgan fingerprint density at radius 3 is 0.890 bits per heavy atom. The van der Waals surface area contributed by atoms with Gasteiger partial charge in [-0.15, -0.1) is 11.6 Å². The van der Waals surface area contributed by atoms with Gasteiger partial charge in [0.25, 0.3) is 0 Å². The van der Waals surface area contributed by atoms with Crippen molar-refractivity contribution < 1.29 is 138 Å². The summed E-state index contributed by atoms with van der Waals surface area (Å²) in [6.07, 6.45) is 5.71. The number of carbonyl (C=O) groups is 3. The highest BCUT2D eigenvalue weighted by Gasteiger charge is 2.20. The number of ether oxygens (including phenoxy) is 26. The van der Waals surface area contributed by atoms with Crippen molar-refractivity contribution in [1.29, 1.82) is 0 Å². The summed E-state index contributed by atoms with van der Waals surface area (Å²) in [5, 5.41) is 20.5. The summed E-state index contributed by atoms with van der Waals surface area (Å²) in [4.78, 5) is 41.9. The molecule has 127 heavy (non-hydrogen) atoms. The number of benzene rings is 3. The maximum Gasteiger partial charge on any atom is 0.226 e. The number of para-hydroxylation sites is 2. The maximum atomic E-state index is 12.5. The largest absolute Gasteiger partial charge is 0.495 e. The Morgan fingerprint density at radius 1 is 0.291 bits per heavy atom. The fraction of sp³-hybridized carbons (Fsp3) is 0.764. The average molecular weight is 1830 g/mol. The molecule has 1 aliphatic rings. The van der Waals surface area contributed by atoms with Crippen LogP contribution in [0.5, 0.6) is 5.75 Å². The lowest BCUT2D eigenvalue weighted by atomic mass is 10.2. The molecule has 0 atom stereocenters. The van der Waals surface area contributed by atoms with Crippen LogP contribution in [0.25, 0.3) is 0 Å². The van der Waals surface area contributed by atoms with Gasteiger partial charge in [0.1, 0.15) is 5.75 Å². The standard InChI is InChI=1S/C89H153ClN8O29/c1-102-86-10-5-4-9-85(86)98-29-27-97(28-30-98)26-8-23-91-81-11-15-83(16-12-81)95-96-84-17-13-82(14-18-84)94-89(101)21-32-104-33-24-92-87(99)19-20-88(100)93-25-34-105-36-38-107-40-42-109-44-46-111-48-50-113-52-54-115-56-58-117-60-62-119-64-66-121-68-70-123-72-74-125-76-78-127-80-79-126-77-75-124-73-71-122-69-67-120-65-63-118-61-59-116-57-55-114-53-51-112-49-47-110-45-43-108-41-39-106-37-35-103-31-7-3-2-6-22-90/h4-5,9-18,91H,2-3,6-8,19-80H2,1H3,(H,92,99)(H,93,100)(H,94,101). The zero-order valence-electron chi connectivity index (χ0n) is 75.8. The van der Waals surface area contributed by atoms with E-state index in [2.05, 4.69) is 53.4 Å². The normalized spacial score (nSPS) is 12.5. The Bertz CT molecular complexity index is 2940. The average Bonchev–Trinajstić information content (AvgIpc) is 0.839. The second kappa shape index (κ2) is 89.5. The Balaban J connectivity index is 0.721. The molecule has 3 aromatic carbocycles. The van der Waals surface area contributed by atoms with Crippen molar-refractivity contribution in [2.75, 3.05) is 411 Å². The Hall–Kier alpha value is -5.68. The van der Waals surface area contributed by atoms with Crippen molar-refractivity contribution in [1.82, 2.24) is 15.5 Å². The van der Waals surface area contributed by atoms with Crippen LogP contribution in [0.4, 0.5) is 28.4 Å². The number of piperazine rings is 1. The van der Waals surface area contributed by atoms with Crippen molar-refractivity contribution in [2.24, 2.45) is 10.2 Å². The number of nitrogens with one attached hydrogen (secondary N) is 4. The maximum absolute atomic E-state index is 12.5. The van der Waals surface area contributed by atoms with Crippen molar-refractivity contribution in [3.05, 3.63) is 72.8 Å². The minimum absolute atomic E-state index is 0.0353. The van der Waals surface area contributed by atoms with E-state index in [0.29, 0.717) is 328 Å². The van der Waals surface area contributed by atoms with E-state index in [1.54, 1.807) is 31.4 Å². The lowest BCUT2D eigenvalue weighted by molar-refractivity contribution is -0.126. The highest BCUT2D eigenvalue weighted by Crippen LogP contribution is 2.29. The molecule has 4 N–H and O–H groups in total. The molecule has 0 saturated carbocycles. The molecule has 0 spiro atoms. The molecule has 0 unspecified atom stereocenters. The van der Waals surface area contributed by atoms with E-state index in [4.69, 9.17) is 135 Å². The first-order valence-electron chi connectivity index (χ1n) is 45.2. The summed E-state index contributed by atoms with van der Waals surface area (Å²) in [5.74, 6) is 0.923. The molecule has 0 bridgehead atoms. The number of nitrogens with zero attached hydrogens (tertiary/aromatic N) is 4. The summed E-state index contributed by atoms with van der Waals surface area (Å²) in [5.41, 5.74) is 4.20. The molecule has 37 nitrogen and oxygen atoms in total. The number of carbonyl (C=O) groups excluding carboxylic acids is 3. The van der Waals surface area contributed by atoms with Crippen molar-refractivity contribution in [3.8, 4) is 5.75 Å². The minimum Gasteiger partial charge on any atom is -0.495 e. The zero-order valence-corrected chi connectivity index (χ0v) is 76.6. The van der Waals surface area contributed by atoms with E-state index in [1.807, 2.05) is 36.4 Å². The predicted molar refractivity (Wildman–Crippen MR) is 480 cm³/mol. The summed E-state index contributed by atoms with van der Waals surface area (Å²) in [7, 11) is 1.72. The fourth-order valence-electron chi connectivity index (χ4n) is 11.2. The second-order valence-electron chi connectivity index (χ2n) is 28.0. The van der Waals surface area contributed by atoms with Crippen LogP contribution in [-0.4, -0.2) is 418 Å². The number of rotatable bonds is 97. The monoisotopic (exact) mass is 1830 g/mol. The van der Waals surface area contributed by atoms with Crippen molar-refractivity contribution in [2.45, 2.75) is 51.4 Å². The number of halogens is 1. The molecule has 1 aliphatic heterocycles. The van der Waals surface area contributed by atoms with Crippen LogP contribution in [0.1, 0.15) is 51.4 Å². The first kappa shape index (κ1) is 114. The van der Waals surface area contributed by atoms with Gasteiger partial charge in [-0.2, -0.15) is 10.2 Å². The van der Waals surface area contributed by atoms with E-state index < -0.39 is 0 Å². The molecule has 3 amide bonds. The Labute approximate surface area is 758 Å². The zero-order chi connectivity index (χ0) is 89.8. The van der Waals surface area contributed by atoms with E-state index in [0.717, 1.165) is 107 Å². The van der Waals surface area contributed by atoms with Gasteiger partial charge in [0, 0.05) is 82.5 Å². The summed E-state index contributed by atoms with van der Waals surface area (Å²) >= 11 is 5.68. The van der Waals surface area contributed by atoms with E-state index in [-0.39, 0.29) is 56.7 Å². The minimum atomic E-state index is -0.271. The third kappa shape index (κ3) is 73.6. The van der Waals surface area contributed by atoms with Crippen LogP contribution in [0.3, 0.4) is 0 Å². The predicted octanol–water partition coefficient (Wildman–Crippen LogP) is 7.29. The molecule has 4 rings (SSSR count). The number of methoxy groups -OCH3 is 1. The Kier molecular flexibility index (Phi) is 80.1. The number of unbranched alkanes of at least 4 members (excludes halogenated alkanes) is 3. The molecular formula is C89H153ClN8O29. The van der Waals surface area contributed by atoms with Crippen LogP contribution in [0.15, 0.2) is 83.0 Å². The highest BCUT2D eigenvalue weighted by molar-refractivity contribution is 6.17. The number of azo groups is 1. The fourth-order valence-corrected chi connectivity index (χ4v) is 11.4. The molecule has 38 heteroatoms. The molecular weight excluding hydrogens is 1680 g/mol. The molecule has 3 aromatic rings. The molecule has 0 aliphatic carbocycles. The van der Waals surface area contributed by atoms with Gasteiger partial charge in [-0.25, -0.2) is 0 Å². The van der Waals surface area contributed by atoms with E-state index in [9.17, 15) is 14.4 Å². The Morgan fingerprint density at radius 2 is 0.575 bits per heavy atom. The molecule has 0 radical (unpaired) electrons. The quantitative estimate of drug-likeness (QED) is 0.0245. The molecule has 730 valence electrons. The van der Waals surface area contributed by atoms with Crippen LogP contribution < -0.4 is 30.9 Å². The van der Waals surface area contributed by atoms with Crippen LogP contribution in [0.2, 0.25) is 0 Å². The van der Waals surface area contributed by atoms with Gasteiger partial charge in [0.05, 0.1) is 354 Å². The lowest BCUT2D eigenvalue weighted by Gasteiger charge is -2.36. The summed E-state index contributed by atoms with van der Waals surface area (Å²) in [6, 6.07) is 23.2. The van der Waals surface area contributed by atoms with Gasteiger partial charge in [-0.05, 0) is 86.5 Å². The van der Waals surface area contributed by atoms with Crippen LogP contribution in [0, 0.1) is 0 Å². The number of hydrogen-bond donors (Lipinski definition) is 4. The van der Waals surface area contributed by atoms with Gasteiger partial charge in [0.15, 0.2) is 0 Å². The molecule has 1 fully saturated rings. The topological polar surface area (TPSA) is 371 Å².